The predicted molar refractivity (Wildman–Crippen MR) is 70.7 cm³/mol. The van der Waals surface area contributed by atoms with Gasteiger partial charge in [-0.05, 0) is 30.7 Å². The highest BCUT2D eigenvalue weighted by Crippen LogP contribution is 2.19. The van der Waals surface area contributed by atoms with Crippen molar-refractivity contribution in [1.82, 2.24) is 0 Å². The van der Waals surface area contributed by atoms with Gasteiger partial charge in [0.25, 0.3) is 0 Å². The third-order valence-electron chi connectivity index (χ3n) is 3.04. The maximum Gasteiger partial charge on any atom is 0.320 e. The van der Waals surface area contributed by atoms with Crippen LogP contribution in [0.3, 0.4) is 0 Å². The Morgan fingerprint density at radius 1 is 1.16 bits per heavy atom. The monoisotopic (exact) mass is 265 g/mol. The number of aliphatic carboxylic acids is 2. The molecule has 0 aromatic heterocycles. The van der Waals surface area contributed by atoms with Crippen LogP contribution < -0.4 is 5.73 Å². The van der Waals surface area contributed by atoms with Crippen molar-refractivity contribution in [3.63, 3.8) is 0 Å². The first-order valence-electron chi connectivity index (χ1n) is 6.23. The molecule has 1 aromatic carbocycles. The maximum absolute atomic E-state index is 10.8. The van der Waals surface area contributed by atoms with Gasteiger partial charge < -0.3 is 15.9 Å². The number of hydrogen-bond acceptors (Lipinski definition) is 3. The van der Waals surface area contributed by atoms with Gasteiger partial charge >= 0.3 is 11.9 Å². The van der Waals surface area contributed by atoms with Gasteiger partial charge in [-0.15, -0.1) is 0 Å². The summed E-state index contributed by atoms with van der Waals surface area (Å²) in [5, 5.41) is 17.6. The highest BCUT2D eigenvalue weighted by molar-refractivity contribution is 5.73. The van der Waals surface area contributed by atoms with E-state index < -0.39 is 18.0 Å². The quantitative estimate of drug-likeness (QED) is 0.661. The summed E-state index contributed by atoms with van der Waals surface area (Å²) >= 11 is 0. The van der Waals surface area contributed by atoms with Crippen LogP contribution in [0.5, 0.6) is 0 Å². The van der Waals surface area contributed by atoms with Crippen LogP contribution in [0.2, 0.25) is 0 Å². The van der Waals surface area contributed by atoms with Crippen LogP contribution in [0.15, 0.2) is 30.3 Å². The number of benzene rings is 1. The lowest BCUT2D eigenvalue weighted by atomic mass is 9.89. The molecule has 0 spiro atoms. The largest absolute Gasteiger partial charge is 0.481 e. The number of carboxylic acid groups (broad SMARTS) is 2. The third kappa shape index (κ3) is 6.01. The molecule has 0 saturated heterocycles. The van der Waals surface area contributed by atoms with E-state index in [1.807, 2.05) is 30.3 Å². The highest BCUT2D eigenvalue weighted by Gasteiger charge is 2.19. The molecule has 0 amide bonds. The molecule has 19 heavy (non-hydrogen) atoms. The molecular formula is C14H19NO4. The van der Waals surface area contributed by atoms with E-state index in [2.05, 4.69) is 0 Å². The second-order valence-electron chi connectivity index (χ2n) is 4.67. The Hall–Kier alpha value is -1.88. The normalized spacial score (nSPS) is 13.7. The minimum absolute atomic E-state index is 0.0316. The zero-order chi connectivity index (χ0) is 14.3. The van der Waals surface area contributed by atoms with Gasteiger partial charge in [0.1, 0.15) is 6.04 Å². The topological polar surface area (TPSA) is 101 Å². The van der Waals surface area contributed by atoms with Gasteiger partial charge in [0.2, 0.25) is 0 Å². The molecule has 0 fully saturated rings. The maximum atomic E-state index is 10.8. The first-order valence-corrected chi connectivity index (χ1v) is 6.23. The molecule has 5 nitrogen and oxygen atoms in total. The SMILES string of the molecule is N[C@H](C[C@@H](CCC(=O)O)Cc1ccccc1)C(=O)O. The lowest BCUT2D eigenvalue weighted by Gasteiger charge is -2.18. The number of nitrogens with two attached hydrogens (primary N) is 1. The van der Waals surface area contributed by atoms with Gasteiger partial charge in [0.15, 0.2) is 0 Å². The number of rotatable bonds is 8. The summed E-state index contributed by atoms with van der Waals surface area (Å²) in [5.41, 5.74) is 6.60. The summed E-state index contributed by atoms with van der Waals surface area (Å²) in [6.45, 7) is 0. The Bertz CT molecular complexity index is 419. The Labute approximate surface area is 112 Å². The Balaban J connectivity index is 2.63. The third-order valence-corrected chi connectivity index (χ3v) is 3.04. The second-order valence-corrected chi connectivity index (χ2v) is 4.67. The lowest BCUT2D eigenvalue weighted by molar-refractivity contribution is -0.139. The van der Waals surface area contributed by atoms with Gasteiger partial charge in [-0.25, -0.2) is 0 Å². The van der Waals surface area contributed by atoms with Crippen LogP contribution >= 0.6 is 0 Å². The molecule has 0 bridgehead atoms. The Morgan fingerprint density at radius 2 is 1.79 bits per heavy atom. The zero-order valence-corrected chi connectivity index (χ0v) is 10.7. The van der Waals surface area contributed by atoms with E-state index in [1.165, 1.54) is 0 Å². The summed E-state index contributed by atoms with van der Waals surface area (Å²) in [5.74, 6) is -1.96. The Kier molecular flexibility index (Phi) is 6.02. The van der Waals surface area contributed by atoms with E-state index >= 15 is 0 Å². The van der Waals surface area contributed by atoms with E-state index in [0.717, 1.165) is 5.56 Å². The van der Waals surface area contributed by atoms with E-state index in [-0.39, 0.29) is 18.8 Å². The molecule has 0 aliphatic carbocycles. The van der Waals surface area contributed by atoms with Crippen LogP contribution in [0.25, 0.3) is 0 Å². The summed E-state index contributed by atoms with van der Waals surface area (Å²) in [4.78, 5) is 21.4. The van der Waals surface area contributed by atoms with Gasteiger partial charge in [-0.1, -0.05) is 30.3 Å². The van der Waals surface area contributed by atoms with E-state index in [9.17, 15) is 9.59 Å². The summed E-state index contributed by atoms with van der Waals surface area (Å²) in [6, 6.07) is 8.66. The lowest BCUT2D eigenvalue weighted by Crippen LogP contribution is -2.33. The zero-order valence-electron chi connectivity index (χ0n) is 10.7. The van der Waals surface area contributed by atoms with Gasteiger partial charge in [0.05, 0.1) is 0 Å². The van der Waals surface area contributed by atoms with Crippen molar-refractivity contribution in [3.8, 4) is 0 Å². The van der Waals surface area contributed by atoms with Crippen molar-refractivity contribution in [2.45, 2.75) is 31.7 Å². The van der Waals surface area contributed by atoms with Crippen LogP contribution in [-0.2, 0) is 16.0 Å². The van der Waals surface area contributed by atoms with Gasteiger partial charge in [-0.2, -0.15) is 0 Å². The van der Waals surface area contributed by atoms with E-state index in [1.54, 1.807) is 0 Å². The molecule has 104 valence electrons. The van der Waals surface area contributed by atoms with E-state index in [0.29, 0.717) is 12.8 Å². The molecule has 0 radical (unpaired) electrons. The fraction of sp³-hybridized carbons (Fsp3) is 0.429. The first kappa shape index (κ1) is 15.2. The minimum Gasteiger partial charge on any atom is -0.481 e. The van der Waals surface area contributed by atoms with Crippen LogP contribution in [0, 0.1) is 5.92 Å². The molecular weight excluding hydrogens is 246 g/mol. The van der Waals surface area contributed by atoms with Crippen molar-refractivity contribution >= 4 is 11.9 Å². The van der Waals surface area contributed by atoms with Crippen molar-refractivity contribution in [2.75, 3.05) is 0 Å². The molecule has 1 aromatic rings. The Morgan fingerprint density at radius 3 is 2.32 bits per heavy atom. The van der Waals surface area contributed by atoms with Gasteiger partial charge in [0, 0.05) is 6.42 Å². The van der Waals surface area contributed by atoms with Crippen LogP contribution in [0.4, 0.5) is 0 Å². The van der Waals surface area contributed by atoms with Crippen LogP contribution in [-0.4, -0.2) is 28.2 Å². The number of carboxylic acids is 2. The average molecular weight is 265 g/mol. The summed E-state index contributed by atoms with van der Waals surface area (Å²) in [7, 11) is 0. The molecule has 4 N–H and O–H groups in total. The van der Waals surface area contributed by atoms with Crippen molar-refractivity contribution in [3.05, 3.63) is 35.9 Å². The van der Waals surface area contributed by atoms with Crippen molar-refractivity contribution < 1.29 is 19.8 Å². The number of carbonyl (C=O) groups is 2. The molecule has 0 saturated carbocycles. The highest BCUT2D eigenvalue weighted by atomic mass is 16.4. The van der Waals surface area contributed by atoms with E-state index in [4.69, 9.17) is 15.9 Å². The summed E-state index contributed by atoms with van der Waals surface area (Å²) < 4.78 is 0. The fourth-order valence-electron chi connectivity index (χ4n) is 2.04. The van der Waals surface area contributed by atoms with Crippen molar-refractivity contribution in [2.24, 2.45) is 11.7 Å². The summed E-state index contributed by atoms with van der Waals surface area (Å²) in [6.07, 6.45) is 1.40. The molecule has 2 atom stereocenters. The fourth-order valence-corrected chi connectivity index (χ4v) is 2.04. The standard InChI is InChI=1S/C14H19NO4/c15-12(14(18)19)9-11(6-7-13(16)17)8-10-4-2-1-3-5-10/h1-5,11-12H,6-9,15H2,(H,16,17)(H,18,19)/t11-,12+/m0/s1. The molecule has 0 aliphatic rings. The van der Waals surface area contributed by atoms with Crippen molar-refractivity contribution in [1.29, 1.82) is 0 Å². The molecule has 1 rings (SSSR count). The number of hydrogen-bond donors (Lipinski definition) is 3. The minimum atomic E-state index is -1.05. The van der Waals surface area contributed by atoms with Crippen LogP contribution in [0.1, 0.15) is 24.8 Å². The predicted octanol–water partition coefficient (Wildman–Crippen LogP) is 1.51. The molecule has 0 unspecified atom stereocenters. The van der Waals surface area contributed by atoms with Gasteiger partial charge in [-0.3, -0.25) is 9.59 Å². The molecule has 0 heterocycles. The first-order chi connectivity index (χ1) is 8.99. The smallest absolute Gasteiger partial charge is 0.320 e. The molecule has 0 aliphatic heterocycles. The average Bonchev–Trinajstić information content (AvgIpc) is 2.37. The second kappa shape index (κ2) is 7.53. The molecule has 5 heteroatoms.